The minimum absolute atomic E-state index is 0.134. The van der Waals surface area contributed by atoms with Gasteiger partial charge in [-0.1, -0.05) is 72.8 Å². The lowest BCUT2D eigenvalue weighted by atomic mass is 9.80. The molecule has 0 saturated carbocycles. The fourth-order valence-electron chi connectivity index (χ4n) is 6.58. The molecule has 0 bridgehead atoms. The van der Waals surface area contributed by atoms with Crippen LogP contribution in [0.5, 0.6) is 0 Å². The van der Waals surface area contributed by atoms with E-state index in [0.29, 0.717) is 23.5 Å². The lowest BCUT2D eigenvalue weighted by Gasteiger charge is -2.35. The Morgan fingerprint density at radius 3 is 2.00 bits per heavy atom. The highest BCUT2D eigenvalue weighted by molar-refractivity contribution is 5.99. The van der Waals surface area contributed by atoms with Gasteiger partial charge in [0.15, 0.2) is 0 Å². The van der Waals surface area contributed by atoms with Crippen molar-refractivity contribution in [3.05, 3.63) is 134 Å². The van der Waals surface area contributed by atoms with Crippen molar-refractivity contribution in [2.75, 3.05) is 46.4 Å². The number of nitro groups is 1. The lowest BCUT2D eigenvalue weighted by molar-refractivity contribution is -1.02. The summed E-state index contributed by atoms with van der Waals surface area (Å²) in [6.45, 7) is 8.16. The molecule has 1 atom stereocenters. The summed E-state index contributed by atoms with van der Waals surface area (Å²) in [5, 5.41) is 14.6. The van der Waals surface area contributed by atoms with Crippen LogP contribution < -0.4 is 15.1 Å². The van der Waals surface area contributed by atoms with Gasteiger partial charge in [-0.15, -0.1) is 0 Å². The van der Waals surface area contributed by atoms with Gasteiger partial charge < -0.3 is 24.6 Å². The van der Waals surface area contributed by atoms with E-state index in [2.05, 4.69) is 53.8 Å². The first-order valence-electron chi connectivity index (χ1n) is 15.2. The first kappa shape index (κ1) is 31.6. The van der Waals surface area contributed by atoms with E-state index in [-0.39, 0.29) is 29.5 Å². The normalized spacial score (nSPS) is 20.0. The molecule has 45 heavy (non-hydrogen) atoms. The van der Waals surface area contributed by atoms with Gasteiger partial charge in [0.2, 0.25) is 0 Å². The molecule has 0 aliphatic carbocycles. The maximum atomic E-state index is 13.6. The third-order valence-electron chi connectivity index (χ3n) is 8.76. The minimum Gasteiger partial charge on any atom is -0.466 e. The molecule has 0 aromatic heterocycles. The number of rotatable bonds is 10. The number of allylic oxidation sites excluding steroid dienone is 2. The van der Waals surface area contributed by atoms with Crippen molar-refractivity contribution in [1.29, 1.82) is 0 Å². The number of nitrogens with one attached hydrogen (secondary N) is 3. The van der Waals surface area contributed by atoms with Crippen molar-refractivity contribution in [3.63, 3.8) is 0 Å². The smallest absolute Gasteiger partial charge is 0.336 e. The maximum absolute atomic E-state index is 13.6. The van der Waals surface area contributed by atoms with Crippen LogP contribution in [-0.4, -0.2) is 63.3 Å². The van der Waals surface area contributed by atoms with E-state index >= 15 is 0 Å². The lowest BCUT2D eigenvalue weighted by Crippen LogP contribution is -3.28. The molecule has 1 saturated heterocycles. The third-order valence-corrected chi connectivity index (χ3v) is 8.76. The second-order valence-corrected chi connectivity index (χ2v) is 11.5. The molecule has 3 N–H and O–H groups in total. The molecule has 2 aliphatic rings. The Morgan fingerprint density at radius 1 is 0.867 bits per heavy atom. The molecule has 1 unspecified atom stereocenters. The van der Waals surface area contributed by atoms with Crippen LogP contribution in [0.3, 0.4) is 0 Å². The van der Waals surface area contributed by atoms with Gasteiger partial charge in [-0.2, -0.15) is 0 Å². The monoisotopic (exact) mass is 612 g/mol. The van der Waals surface area contributed by atoms with Gasteiger partial charge in [0, 0.05) is 34.7 Å². The summed E-state index contributed by atoms with van der Waals surface area (Å²) in [5.74, 6) is -2.07. The van der Waals surface area contributed by atoms with Crippen molar-refractivity contribution < 1.29 is 33.8 Å². The van der Waals surface area contributed by atoms with Crippen molar-refractivity contribution in [2.24, 2.45) is 0 Å². The molecule has 3 aromatic carbocycles. The average Bonchev–Trinajstić information content (AvgIpc) is 3.06. The molecular weight excluding hydrogens is 572 g/mol. The largest absolute Gasteiger partial charge is 0.466 e. The average molecular weight is 613 g/mol. The molecule has 5 rings (SSSR count). The van der Waals surface area contributed by atoms with Crippen LogP contribution in [0.1, 0.15) is 42.5 Å². The zero-order chi connectivity index (χ0) is 31.9. The van der Waals surface area contributed by atoms with Crippen LogP contribution in [0.4, 0.5) is 5.69 Å². The molecule has 2 heterocycles. The Balaban J connectivity index is 1.26. The van der Waals surface area contributed by atoms with E-state index in [1.165, 1.54) is 40.2 Å². The summed E-state index contributed by atoms with van der Waals surface area (Å²) in [4.78, 5) is 40.4. The zero-order valence-electron chi connectivity index (χ0n) is 25.9. The fourth-order valence-corrected chi connectivity index (χ4v) is 6.58. The minimum atomic E-state index is -0.876. The number of carbonyl (C=O) groups excluding carboxylic acids is 2. The predicted molar refractivity (Wildman–Crippen MR) is 168 cm³/mol. The van der Waals surface area contributed by atoms with Gasteiger partial charge in [-0.3, -0.25) is 10.1 Å². The number of esters is 2. The number of non-ortho nitro benzene ring substituents is 1. The summed E-state index contributed by atoms with van der Waals surface area (Å²) < 4.78 is 10.9. The number of ether oxygens (including phenoxy) is 2. The second-order valence-electron chi connectivity index (χ2n) is 11.5. The molecule has 0 radical (unpaired) electrons. The summed E-state index contributed by atoms with van der Waals surface area (Å²) in [6.07, 6.45) is 0. The van der Waals surface area contributed by atoms with Crippen LogP contribution in [-0.2, 0) is 19.1 Å². The molecule has 1 fully saturated rings. The van der Waals surface area contributed by atoms with Crippen molar-refractivity contribution in [2.45, 2.75) is 25.8 Å². The summed E-state index contributed by atoms with van der Waals surface area (Å²) in [5.41, 5.74) is 4.40. The molecular formula is C35H40N4O6+2. The molecule has 0 amide bonds. The van der Waals surface area contributed by atoms with E-state index in [1.54, 1.807) is 26.0 Å². The molecule has 10 heteroatoms. The van der Waals surface area contributed by atoms with Crippen LogP contribution in [0.15, 0.2) is 107 Å². The van der Waals surface area contributed by atoms with Crippen molar-refractivity contribution in [1.82, 2.24) is 5.32 Å². The quantitative estimate of drug-likeness (QED) is 0.183. The number of piperazine rings is 1. The zero-order valence-corrected chi connectivity index (χ0v) is 25.9. The number of hydrogen-bond acceptors (Lipinski definition) is 7. The van der Waals surface area contributed by atoms with Crippen LogP contribution in [0.2, 0.25) is 0 Å². The predicted octanol–water partition coefficient (Wildman–Crippen LogP) is 2.12. The van der Waals surface area contributed by atoms with Crippen LogP contribution in [0, 0.1) is 10.1 Å². The molecule has 0 spiro atoms. The van der Waals surface area contributed by atoms with Crippen molar-refractivity contribution in [3.8, 4) is 0 Å². The van der Waals surface area contributed by atoms with Gasteiger partial charge in [-0.25, -0.2) is 9.59 Å². The topological polar surface area (TPSA) is 117 Å². The number of benzene rings is 3. The number of dihydropyridines is 1. The molecule has 234 valence electrons. The van der Waals surface area contributed by atoms with Crippen molar-refractivity contribution >= 4 is 17.6 Å². The Bertz CT molecular complexity index is 1560. The van der Waals surface area contributed by atoms with E-state index in [0.717, 1.165) is 26.2 Å². The third kappa shape index (κ3) is 7.13. The first-order chi connectivity index (χ1) is 21.8. The van der Waals surface area contributed by atoms with E-state index < -0.39 is 22.8 Å². The van der Waals surface area contributed by atoms with Gasteiger partial charge in [-0.05, 0) is 19.4 Å². The summed E-state index contributed by atoms with van der Waals surface area (Å²) >= 11 is 0. The highest BCUT2D eigenvalue weighted by Gasteiger charge is 2.39. The molecule has 2 aliphatic heterocycles. The highest BCUT2D eigenvalue weighted by Crippen LogP contribution is 2.40. The van der Waals surface area contributed by atoms with Crippen LogP contribution >= 0.6 is 0 Å². The first-order valence-corrected chi connectivity index (χ1v) is 15.2. The number of nitrogens with zero attached hydrogens (tertiary/aromatic N) is 1. The Morgan fingerprint density at radius 2 is 1.44 bits per heavy atom. The Hall–Kier alpha value is -4.80. The highest BCUT2D eigenvalue weighted by atomic mass is 16.6. The van der Waals surface area contributed by atoms with E-state index in [4.69, 9.17) is 9.47 Å². The van der Waals surface area contributed by atoms with Gasteiger partial charge >= 0.3 is 11.9 Å². The van der Waals surface area contributed by atoms with E-state index in [9.17, 15) is 19.7 Å². The number of nitro benzene ring substituents is 1. The SMILES string of the molecule is COC(=O)C1=C(C)NC(C)=C(C(=O)OCC[NH+]2CC[NH+](C(c3ccccc3)c3ccccc3)CC2)C1c1cccc([N+](=O)[O-])c1. The fraction of sp³-hybridized carbons (Fsp3) is 0.314. The Labute approximate surface area is 263 Å². The maximum Gasteiger partial charge on any atom is 0.336 e. The standard InChI is InChI=1S/C35H38N4O6/c1-24-30(34(40)44-3)32(28-15-10-16-29(23-28)39(42)43)31(25(2)36-24)35(41)45-22-21-37-17-19-38(20-18-37)33(26-11-6-4-7-12-26)27-13-8-5-9-14-27/h4-16,23,32-33,36H,17-22H2,1-3H3/p+2. The van der Waals surface area contributed by atoms with Gasteiger partial charge in [0.05, 0.1) is 29.1 Å². The molecule has 10 nitrogen and oxygen atoms in total. The van der Waals surface area contributed by atoms with E-state index in [1.807, 2.05) is 12.1 Å². The second kappa shape index (κ2) is 14.3. The summed E-state index contributed by atoms with van der Waals surface area (Å²) in [7, 11) is 1.27. The number of quaternary nitrogens is 2. The molecule has 3 aromatic rings. The van der Waals surface area contributed by atoms with Gasteiger partial charge in [0.1, 0.15) is 45.4 Å². The number of carbonyl (C=O) groups is 2. The summed E-state index contributed by atoms with van der Waals surface area (Å²) in [6, 6.07) is 27.5. The number of hydrogen-bond donors (Lipinski definition) is 3. The van der Waals surface area contributed by atoms with Gasteiger partial charge in [0.25, 0.3) is 5.69 Å². The van der Waals surface area contributed by atoms with Crippen LogP contribution in [0.25, 0.3) is 0 Å². The number of methoxy groups -OCH3 is 1. The Kier molecular flexibility index (Phi) is 10.1.